The number of carbonyl (C=O) groups excluding carboxylic acids is 1. The van der Waals surface area contributed by atoms with Crippen LogP contribution >= 0.6 is 0 Å². The van der Waals surface area contributed by atoms with Gasteiger partial charge >= 0.3 is 0 Å². The summed E-state index contributed by atoms with van der Waals surface area (Å²) < 4.78 is 13.7. The fourth-order valence-electron chi connectivity index (χ4n) is 2.10. The van der Waals surface area contributed by atoms with E-state index in [0.717, 1.165) is 12.0 Å². The molecule has 4 heteroatoms. The number of aryl methyl sites for hydroxylation is 1. The number of nitrogens with two attached hydrogens (primary N) is 1. The molecule has 110 valence electrons. The van der Waals surface area contributed by atoms with E-state index in [1.54, 1.807) is 0 Å². The van der Waals surface area contributed by atoms with Gasteiger partial charge in [0.2, 0.25) is 5.91 Å². The standard InChI is InChI=1S/C17H19FN2O/c1-2-12-3-5-13(6-4-12)10-20-11-15-9-14(17(19)21)7-8-16(15)18/h3-9,20H,2,10-11H2,1H3,(H2,19,21). The molecule has 0 saturated heterocycles. The van der Waals surface area contributed by atoms with Crippen LogP contribution < -0.4 is 11.1 Å². The minimum Gasteiger partial charge on any atom is -0.366 e. The summed E-state index contributed by atoms with van der Waals surface area (Å²) >= 11 is 0. The summed E-state index contributed by atoms with van der Waals surface area (Å²) in [5.74, 6) is -0.889. The van der Waals surface area contributed by atoms with Gasteiger partial charge in [0.25, 0.3) is 0 Å². The molecule has 0 unspecified atom stereocenters. The van der Waals surface area contributed by atoms with E-state index in [0.29, 0.717) is 24.2 Å². The van der Waals surface area contributed by atoms with Crippen LogP contribution in [0.4, 0.5) is 4.39 Å². The quantitative estimate of drug-likeness (QED) is 0.858. The highest BCUT2D eigenvalue weighted by molar-refractivity contribution is 5.92. The Morgan fingerprint density at radius 1 is 1.10 bits per heavy atom. The van der Waals surface area contributed by atoms with Gasteiger partial charge in [0.1, 0.15) is 5.82 Å². The van der Waals surface area contributed by atoms with Crippen molar-refractivity contribution < 1.29 is 9.18 Å². The third-order valence-electron chi connectivity index (χ3n) is 3.41. The molecule has 0 bridgehead atoms. The highest BCUT2D eigenvalue weighted by Crippen LogP contribution is 2.11. The molecule has 1 amide bonds. The summed E-state index contributed by atoms with van der Waals surface area (Å²) in [5.41, 5.74) is 8.39. The van der Waals surface area contributed by atoms with E-state index in [1.807, 2.05) is 0 Å². The normalized spacial score (nSPS) is 10.6. The number of amides is 1. The van der Waals surface area contributed by atoms with Gasteiger partial charge in [0, 0.05) is 24.2 Å². The zero-order valence-corrected chi connectivity index (χ0v) is 12.0. The smallest absolute Gasteiger partial charge is 0.248 e. The summed E-state index contributed by atoms with van der Waals surface area (Å²) in [6.07, 6.45) is 1.01. The molecule has 2 rings (SSSR count). The second-order valence-electron chi connectivity index (χ2n) is 4.94. The summed E-state index contributed by atoms with van der Waals surface area (Å²) in [6, 6.07) is 12.4. The Morgan fingerprint density at radius 2 is 1.76 bits per heavy atom. The fraction of sp³-hybridized carbons (Fsp3) is 0.235. The Kier molecular flexibility index (Phi) is 5.06. The van der Waals surface area contributed by atoms with Crippen LogP contribution in [0.5, 0.6) is 0 Å². The molecule has 0 radical (unpaired) electrons. The Bertz CT molecular complexity index is 623. The predicted molar refractivity (Wildman–Crippen MR) is 81.3 cm³/mol. The Labute approximate surface area is 124 Å². The van der Waals surface area contributed by atoms with Crippen molar-refractivity contribution in [2.75, 3.05) is 0 Å². The Balaban J connectivity index is 1.96. The van der Waals surface area contributed by atoms with Crippen molar-refractivity contribution >= 4 is 5.91 Å². The molecule has 2 aromatic carbocycles. The third-order valence-corrected chi connectivity index (χ3v) is 3.41. The third kappa shape index (κ3) is 4.13. The molecule has 0 aliphatic carbocycles. The fourth-order valence-corrected chi connectivity index (χ4v) is 2.10. The summed E-state index contributed by atoms with van der Waals surface area (Å²) in [4.78, 5) is 11.1. The molecule has 0 saturated carbocycles. The van der Waals surface area contributed by atoms with Crippen LogP contribution in [-0.4, -0.2) is 5.91 Å². The molecule has 2 aromatic rings. The first kappa shape index (κ1) is 15.2. The minimum absolute atomic E-state index is 0.320. The number of benzene rings is 2. The molecule has 0 atom stereocenters. The molecule has 0 aromatic heterocycles. The van der Waals surface area contributed by atoms with Crippen LogP contribution in [0.25, 0.3) is 0 Å². The zero-order chi connectivity index (χ0) is 15.2. The van der Waals surface area contributed by atoms with E-state index in [2.05, 4.69) is 36.5 Å². The molecule has 0 aliphatic heterocycles. The van der Waals surface area contributed by atoms with Crippen molar-refractivity contribution in [1.82, 2.24) is 5.32 Å². The van der Waals surface area contributed by atoms with E-state index in [4.69, 9.17) is 5.73 Å². The average molecular weight is 286 g/mol. The maximum Gasteiger partial charge on any atom is 0.248 e. The van der Waals surface area contributed by atoms with Crippen molar-refractivity contribution in [2.24, 2.45) is 5.73 Å². The second kappa shape index (κ2) is 6.99. The highest BCUT2D eigenvalue weighted by Gasteiger charge is 2.06. The minimum atomic E-state index is -0.550. The van der Waals surface area contributed by atoms with Crippen LogP contribution in [-0.2, 0) is 19.5 Å². The van der Waals surface area contributed by atoms with Gasteiger partial charge in [0.05, 0.1) is 0 Å². The molecular formula is C17H19FN2O. The zero-order valence-electron chi connectivity index (χ0n) is 12.0. The number of nitrogens with one attached hydrogen (secondary N) is 1. The van der Waals surface area contributed by atoms with Crippen LogP contribution in [0, 0.1) is 5.82 Å². The summed E-state index contributed by atoms with van der Waals surface area (Å²) in [7, 11) is 0. The van der Waals surface area contributed by atoms with Gasteiger partial charge in [-0.15, -0.1) is 0 Å². The molecule has 0 aliphatic rings. The predicted octanol–water partition coefficient (Wildman–Crippen LogP) is 2.78. The lowest BCUT2D eigenvalue weighted by molar-refractivity contribution is 0.1000. The van der Waals surface area contributed by atoms with E-state index < -0.39 is 5.91 Å². The lowest BCUT2D eigenvalue weighted by Crippen LogP contribution is -2.16. The molecule has 3 N–H and O–H groups in total. The maximum atomic E-state index is 13.7. The SMILES string of the molecule is CCc1ccc(CNCc2cc(C(N)=O)ccc2F)cc1. The van der Waals surface area contributed by atoms with Gasteiger partial charge in [-0.25, -0.2) is 4.39 Å². The number of rotatable bonds is 6. The topological polar surface area (TPSA) is 55.1 Å². The first-order valence-electron chi connectivity index (χ1n) is 6.97. The molecule has 3 nitrogen and oxygen atoms in total. The highest BCUT2D eigenvalue weighted by atomic mass is 19.1. The lowest BCUT2D eigenvalue weighted by atomic mass is 10.1. The monoisotopic (exact) mass is 286 g/mol. The molecule has 0 heterocycles. The number of halogens is 1. The van der Waals surface area contributed by atoms with Gasteiger partial charge in [-0.2, -0.15) is 0 Å². The van der Waals surface area contributed by atoms with E-state index in [9.17, 15) is 9.18 Å². The Hall–Kier alpha value is -2.20. The molecule has 21 heavy (non-hydrogen) atoms. The van der Waals surface area contributed by atoms with Crippen molar-refractivity contribution in [3.8, 4) is 0 Å². The average Bonchev–Trinajstić information content (AvgIpc) is 2.49. The van der Waals surface area contributed by atoms with Crippen LogP contribution in [0.15, 0.2) is 42.5 Å². The van der Waals surface area contributed by atoms with Gasteiger partial charge in [-0.1, -0.05) is 31.2 Å². The van der Waals surface area contributed by atoms with Crippen LogP contribution in [0.3, 0.4) is 0 Å². The maximum absolute atomic E-state index is 13.7. The number of carbonyl (C=O) groups is 1. The second-order valence-corrected chi connectivity index (χ2v) is 4.94. The van der Waals surface area contributed by atoms with Crippen molar-refractivity contribution in [2.45, 2.75) is 26.4 Å². The van der Waals surface area contributed by atoms with Crippen LogP contribution in [0.1, 0.15) is 34.0 Å². The summed E-state index contributed by atoms with van der Waals surface area (Å²) in [6.45, 7) is 3.11. The molecule has 0 spiro atoms. The molecular weight excluding hydrogens is 267 g/mol. The number of primary amides is 1. The van der Waals surface area contributed by atoms with Gasteiger partial charge in [-0.05, 0) is 35.7 Å². The number of hydrogen-bond acceptors (Lipinski definition) is 2. The lowest BCUT2D eigenvalue weighted by Gasteiger charge is -2.08. The van der Waals surface area contributed by atoms with Gasteiger partial charge in [-0.3, -0.25) is 4.79 Å². The van der Waals surface area contributed by atoms with E-state index in [1.165, 1.54) is 23.8 Å². The van der Waals surface area contributed by atoms with Crippen molar-refractivity contribution in [3.63, 3.8) is 0 Å². The Morgan fingerprint density at radius 3 is 2.38 bits per heavy atom. The van der Waals surface area contributed by atoms with Gasteiger partial charge < -0.3 is 11.1 Å². The van der Waals surface area contributed by atoms with Crippen molar-refractivity contribution in [3.05, 3.63) is 70.5 Å². The largest absolute Gasteiger partial charge is 0.366 e. The molecule has 0 fully saturated rings. The van der Waals surface area contributed by atoms with E-state index in [-0.39, 0.29) is 5.82 Å². The summed E-state index contributed by atoms with van der Waals surface area (Å²) in [5, 5.41) is 3.17. The van der Waals surface area contributed by atoms with Gasteiger partial charge in [0.15, 0.2) is 0 Å². The number of hydrogen-bond donors (Lipinski definition) is 2. The first-order valence-corrected chi connectivity index (χ1v) is 6.97. The van der Waals surface area contributed by atoms with Crippen molar-refractivity contribution in [1.29, 1.82) is 0 Å². The van der Waals surface area contributed by atoms with E-state index >= 15 is 0 Å². The first-order chi connectivity index (χ1) is 10.1. The van der Waals surface area contributed by atoms with Crippen LogP contribution in [0.2, 0.25) is 0 Å².